The van der Waals surface area contributed by atoms with Crippen LogP contribution in [-0.2, 0) is 0 Å². The summed E-state index contributed by atoms with van der Waals surface area (Å²) in [5.41, 5.74) is 0.520. The van der Waals surface area contributed by atoms with Crippen LogP contribution in [0.3, 0.4) is 0 Å². The lowest BCUT2D eigenvalue weighted by Gasteiger charge is -1.91. The normalized spacial score (nSPS) is 14.5. The van der Waals surface area contributed by atoms with Gasteiger partial charge in [-0.05, 0) is 25.9 Å². The molecule has 0 spiro atoms. The molecule has 2 N–H and O–H groups in total. The van der Waals surface area contributed by atoms with E-state index >= 15 is 0 Å². The zero-order valence-corrected chi connectivity index (χ0v) is 8.94. The van der Waals surface area contributed by atoms with Crippen molar-refractivity contribution in [3.05, 3.63) is 35.0 Å². The van der Waals surface area contributed by atoms with E-state index in [1.54, 1.807) is 6.20 Å². The molecule has 5 nitrogen and oxygen atoms in total. The van der Waals surface area contributed by atoms with Crippen LogP contribution in [0.2, 0.25) is 0 Å². The minimum absolute atomic E-state index is 0.0562. The van der Waals surface area contributed by atoms with E-state index in [1.807, 2.05) is 0 Å². The maximum Gasteiger partial charge on any atom is 0.192 e. The molecule has 0 amide bonds. The monoisotopic (exact) mass is 218 g/mol. The lowest BCUT2D eigenvalue weighted by Crippen LogP contribution is -2.03. The highest BCUT2D eigenvalue weighted by molar-refractivity contribution is 5.72. The topological polar surface area (TPSA) is 70.7 Å². The Morgan fingerprint density at radius 2 is 2.06 bits per heavy atom. The molecule has 16 heavy (non-hydrogen) atoms. The van der Waals surface area contributed by atoms with Crippen LogP contribution in [0.5, 0.6) is 0 Å². The van der Waals surface area contributed by atoms with E-state index in [2.05, 4.69) is 20.3 Å². The Morgan fingerprint density at radius 3 is 2.69 bits per heavy atom. The zero-order chi connectivity index (χ0) is 11.2. The van der Waals surface area contributed by atoms with Gasteiger partial charge in [0.25, 0.3) is 0 Å². The summed E-state index contributed by atoms with van der Waals surface area (Å²) in [6.07, 6.45) is 7.25. The third kappa shape index (κ3) is 2.64. The Bertz CT molecular complexity index is 491. The molecule has 1 aliphatic rings. The molecule has 84 valence electrons. The highest BCUT2D eigenvalue weighted by atomic mass is 16.1. The summed E-state index contributed by atoms with van der Waals surface area (Å²) >= 11 is 0. The second-order valence-corrected chi connectivity index (χ2v) is 3.58. The molecule has 1 aliphatic heterocycles. The molecule has 0 aliphatic carbocycles. The SMILES string of the molecule is C1CCNC1.O=c1cc[nH]c2ncncc12. The summed E-state index contributed by atoms with van der Waals surface area (Å²) in [7, 11) is 0. The van der Waals surface area contributed by atoms with E-state index in [9.17, 15) is 4.79 Å². The Kier molecular flexibility index (Phi) is 3.61. The summed E-state index contributed by atoms with van der Waals surface area (Å²) in [6, 6.07) is 1.45. The molecule has 0 bridgehead atoms. The van der Waals surface area contributed by atoms with Crippen molar-refractivity contribution in [3.8, 4) is 0 Å². The number of aromatic nitrogens is 3. The van der Waals surface area contributed by atoms with E-state index in [-0.39, 0.29) is 5.43 Å². The van der Waals surface area contributed by atoms with Crippen LogP contribution in [-0.4, -0.2) is 28.0 Å². The van der Waals surface area contributed by atoms with Crippen LogP contribution in [0.25, 0.3) is 11.0 Å². The lowest BCUT2D eigenvalue weighted by molar-refractivity contribution is 0.857. The fraction of sp³-hybridized carbons (Fsp3) is 0.364. The summed E-state index contributed by atoms with van der Waals surface area (Å²) in [5, 5.41) is 3.75. The highest BCUT2D eigenvalue weighted by Gasteiger charge is 1.95. The molecular weight excluding hydrogens is 204 g/mol. The molecule has 1 fully saturated rings. The van der Waals surface area contributed by atoms with Gasteiger partial charge in [0.2, 0.25) is 0 Å². The average molecular weight is 218 g/mol. The number of rotatable bonds is 0. The van der Waals surface area contributed by atoms with Crippen LogP contribution < -0.4 is 10.7 Å². The minimum Gasteiger partial charge on any atom is -0.346 e. The van der Waals surface area contributed by atoms with Crippen LogP contribution in [0.4, 0.5) is 0 Å². The molecular formula is C11H14N4O. The van der Waals surface area contributed by atoms with Gasteiger partial charge >= 0.3 is 0 Å². The number of H-pyrrole nitrogens is 1. The van der Waals surface area contributed by atoms with Gasteiger partial charge in [0.15, 0.2) is 5.43 Å². The number of pyridine rings is 1. The number of fused-ring (bicyclic) bond motifs is 1. The number of nitrogens with one attached hydrogen (secondary N) is 2. The highest BCUT2D eigenvalue weighted by Crippen LogP contribution is 1.96. The van der Waals surface area contributed by atoms with E-state index in [4.69, 9.17) is 0 Å². The van der Waals surface area contributed by atoms with Crippen molar-refractivity contribution in [2.75, 3.05) is 13.1 Å². The largest absolute Gasteiger partial charge is 0.346 e. The summed E-state index contributed by atoms with van der Waals surface area (Å²) < 4.78 is 0. The third-order valence-electron chi connectivity index (χ3n) is 2.39. The van der Waals surface area contributed by atoms with E-state index in [0.29, 0.717) is 11.0 Å². The van der Waals surface area contributed by atoms with Crippen LogP contribution in [0.1, 0.15) is 12.8 Å². The molecule has 5 heteroatoms. The zero-order valence-electron chi connectivity index (χ0n) is 8.94. The number of nitrogens with zero attached hydrogens (tertiary/aromatic N) is 2. The van der Waals surface area contributed by atoms with Gasteiger partial charge in [-0.2, -0.15) is 0 Å². The van der Waals surface area contributed by atoms with Crippen molar-refractivity contribution in [2.45, 2.75) is 12.8 Å². The maximum atomic E-state index is 11.1. The third-order valence-corrected chi connectivity index (χ3v) is 2.39. The first-order chi connectivity index (χ1) is 7.88. The Labute approximate surface area is 92.9 Å². The minimum atomic E-state index is -0.0562. The predicted molar refractivity (Wildman–Crippen MR) is 62.3 cm³/mol. The van der Waals surface area contributed by atoms with Gasteiger partial charge in [0.1, 0.15) is 12.0 Å². The van der Waals surface area contributed by atoms with Crippen LogP contribution >= 0.6 is 0 Å². The number of hydrogen-bond donors (Lipinski definition) is 2. The molecule has 0 radical (unpaired) electrons. The number of aromatic amines is 1. The van der Waals surface area contributed by atoms with Crippen LogP contribution in [0.15, 0.2) is 29.6 Å². The first-order valence-electron chi connectivity index (χ1n) is 5.36. The van der Waals surface area contributed by atoms with E-state index in [1.165, 1.54) is 44.5 Å². The Morgan fingerprint density at radius 1 is 1.25 bits per heavy atom. The molecule has 0 saturated carbocycles. The average Bonchev–Trinajstić information content (AvgIpc) is 2.88. The molecule has 1 saturated heterocycles. The Balaban J connectivity index is 0.000000162. The maximum absolute atomic E-state index is 11.1. The van der Waals surface area contributed by atoms with Crippen LogP contribution in [0, 0.1) is 0 Å². The predicted octanol–water partition coefficient (Wildman–Crippen LogP) is 0.688. The molecule has 0 aromatic carbocycles. The van der Waals surface area contributed by atoms with Gasteiger partial charge in [-0.1, -0.05) is 0 Å². The van der Waals surface area contributed by atoms with Crippen molar-refractivity contribution in [1.82, 2.24) is 20.3 Å². The second-order valence-electron chi connectivity index (χ2n) is 3.58. The number of hydrogen-bond acceptors (Lipinski definition) is 4. The lowest BCUT2D eigenvalue weighted by atomic mass is 10.3. The smallest absolute Gasteiger partial charge is 0.192 e. The molecule has 0 unspecified atom stereocenters. The second kappa shape index (κ2) is 5.37. The van der Waals surface area contributed by atoms with Crippen molar-refractivity contribution in [1.29, 1.82) is 0 Å². The van der Waals surface area contributed by atoms with Gasteiger partial charge in [-0.15, -0.1) is 0 Å². The van der Waals surface area contributed by atoms with Crippen molar-refractivity contribution < 1.29 is 0 Å². The van der Waals surface area contributed by atoms with E-state index < -0.39 is 0 Å². The summed E-state index contributed by atoms with van der Waals surface area (Å²) in [5.74, 6) is 0. The van der Waals surface area contributed by atoms with Gasteiger partial charge < -0.3 is 10.3 Å². The molecule has 0 atom stereocenters. The Hall–Kier alpha value is -1.75. The standard InChI is InChI=1S/C7H5N3O.C4H9N/c11-6-1-2-9-7-5(6)3-8-4-10-7;1-2-4-5-3-1/h1-4H,(H,8,9,10,11);5H,1-4H2. The molecule has 3 heterocycles. The first kappa shape index (κ1) is 10.8. The first-order valence-corrected chi connectivity index (χ1v) is 5.36. The van der Waals surface area contributed by atoms with E-state index in [0.717, 1.165) is 0 Å². The summed E-state index contributed by atoms with van der Waals surface area (Å²) in [6.45, 7) is 2.50. The molecule has 2 aromatic rings. The molecule has 3 rings (SSSR count). The quantitative estimate of drug-likeness (QED) is 0.682. The van der Waals surface area contributed by atoms with Crippen molar-refractivity contribution in [3.63, 3.8) is 0 Å². The van der Waals surface area contributed by atoms with Crippen molar-refractivity contribution >= 4 is 11.0 Å². The van der Waals surface area contributed by atoms with Gasteiger partial charge in [0, 0.05) is 18.5 Å². The van der Waals surface area contributed by atoms with Gasteiger partial charge in [-0.25, -0.2) is 9.97 Å². The summed E-state index contributed by atoms with van der Waals surface area (Å²) in [4.78, 5) is 21.5. The van der Waals surface area contributed by atoms with Gasteiger partial charge in [0.05, 0.1) is 5.39 Å². The van der Waals surface area contributed by atoms with Gasteiger partial charge in [-0.3, -0.25) is 4.79 Å². The fourth-order valence-electron chi connectivity index (χ4n) is 1.54. The van der Waals surface area contributed by atoms with Crippen molar-refractivity contribution in [2.24, 2.45) is 0 Å². The molecule has 2 aromatic heterocycles. The fourth-order valence-corrected chi connectivity index (χ4v) is 1.54.